The fraction of sp³-hybridized carbons (Fsp3) is 0.903. The van der Waals surface area contributed by atoms with Gasteiger partial charge in [0.2, 0.25) is 0 Å². The number of fused-ring (bicyclic) bond motifs is 4. The maximum Gasteiger partial charge on any atom is 0.306 e. The van der Waals surface area contributed by atoms with Crippen LogP contribution in [0, 0.1) is 46.3 Å². The average molecular weight is 581 g/mol. The van der Waals surface area contributed by atoms with Crippen molar-refractivity contribution in [3.05, 3.63) is 0 Å². The molecule has 0 N–H and O–H groups in total. The normalized spacial score (nSPS) is 46.5. The zero-order valence-electron chi connectivity index (χ0n) is 25.0. The van der Waals surface area contributed by atoms with E-state index in [1.807, 2.05) is 6.92 Å². The van der Waals surface area contributed by atoms with E-state index in [2.05, 4.69) is 20.8 Å². The van der Waals surface area contributed by atoms with Crippen LogP contribution in [-0.4, -0.2) is 55.6 Å². The molecule has 0 aromatic carbocycles. The van der Waals surface area contributed by atoms with Crippen LogP contribution in [0.5, 0.6) is 0 Å². The number of esters is 3. The van der Waals surface area contributed by atoms with Gasteiger partial charge in [-0.2, -0.15) is 0 Å². The second kappa shape index (κ2) is 10.6. The van der Waals surface area contributed by atoms with Gasteiger partial charge in [0.1, 0.15) is 23.6 Å². The van der Waals surface area contributed by atoms with E-state index in [-0.39, 0.29) is 70.7 Å². The molecule has 5 fully saturated rings. The fourth-order valence-corrected chi connectivity index (χ4v) is 13.1. The number of hydrogen-bond acceptors (Lipinski definition) is 8. The SMILES string of the molecule is CCCS(=O)(=O)[C@@H]1[C@H]2[C@@H]([C@H](OC(C)=O)C[C@@H]3C[C@H](OC(C)=O)CC[C@@]32C)[C@@H]2CC[C@@H]3[C@H](C)CCC(=O)O[C@@H]1[C@]32C. The zero-order valence-corrected chi connectivity index (χ0v) is 25.8. The molecular formula is C31H48O8S. The number of sulfone groups is 1. The summed E-state index contributed by atoms with van der Waals surface area (Å²) in [6.07, 6.45) is 4.65. The average Bonchev–Trinajstić information content (AvgIpc) is 3.20. The summed E-state index contributed by atoms with van der Waals surface area (Å²) in [6.45, 7) is 11.3. The first-order valence-corrected chi connectivity index (χ1v) is 17.2. The highest BCUT2D eigenvalue weighted by molar-refractivity contribution is 7.92. The number of hydrogen-bond donors (Lipinski definition) is 0. The van der Waals surface area contributed by atoms with E-state index in [4.69, 9.17) is 14.2 Å². The minimum atomic E-state index is -3.68. The van der Waals surface area contributed by atoms with Gasteiger partial charge in [-0.15, -0.1) is 0 Å². The first-order chi connectivity index (χ1) is 18.7. The van der Waals surface area contributed by atoms with Crippen LogP contribution in [0.4, 0.5) is 0 Å². The Morgan fingerprint density at radius 2 is 1.68 bits per heavy atom. The molecule has 0 radical (unpaired) electrons. The Bertz CT molecular complexity index is 1130. The van der Waals surface area contributed by atoms with Crippen LogP contribution in [0.15, 0.2) is 0 Å². The predicted octanol–water partition coefficient (Wildman–Crippen LogP) is 4.87. The summed E-state index contributed by atoms with van der Waals surface area (Å²) in [7, 11) is -3.68. The van der Waals surface area contributed by atoms with E-state index in [1.54, 1.807) is 0 Å². The van der Waals surface area contributed by atoms with E-state index >= 15 is 0 Å². The van der Waals surface area contributed by atoms with Gasteiger partial charge in [-0.1, -0.05) is 27.7 Å². The van der Waals surface area contributed by atoms with Gasteiger partial charge in [0.25, 0.3) is 0 Å². The number of carbonyl (C=O) groups excluding carboxylic acids is 3. The molecule has 8 nitrogen and oxygen atoms in total. The molecule has 0 aromatic rings. The Labute approximate surface area is 239 Å². The van der Waals surface area contributed by atoms with Crippen LogP contribution in [0.3, 0.4) is 0 Å². The van der Waals surface area contributed by atoms with Crippen LogP contribution in [0.2, 0.25) is 0 Å². The summed E-state index contributed by atoms with van der Waals surface area (Å²) in [5, 5.41) is -0.857. The minimum Gasteiger partial charge on any atom is -0.463 e. The summed E-state index contributed by atoms with van der Waals surface area (Å²) in [6, 6.07) is 0. The van der Waals surface area contributed by atoms with Crippen LogP contribution >= 0.6 is 0 Å². The van der Waals surface area contributed by atoms with Gasteiger partial charge >= 0.3 is 17.9 Å². The van der Waals surface area contributed by atoms with Crippen molar-refractivity contribution in [2.24, 2.45) is 46.3 Å². The van der Waals surface area contributed by atoms with Gasteiger partial charge in [-0.3, -0.25) is 14.4 Å². The van der Waals surface area contributed by atoms with E-state index in [0.29, 0.717) is 38.5 Å². The Hall–Kier alpha value is -1.64. The van der Waals surface area contributed by atoms with E-state index < -0.39 is 32.7 Å². The van der Waals surface area contributed by atoms with Crippen molar-refractivity contribution in [3.63, 3.8) is 0 Å². The first-order valence-electron chi connectivity index (χ1n) is 15.5. The molecule has 4 aliphatic carbocycles. The van der Waals surface area contributed by atoms with Gasteiger partial charge in [0, 0.05) is 31.6 Å². The Kier molecular flexibility index (Phi) is 7.88. The molecule has 0 amide bonds. The maximum atomic E-state index is 14.4. The van der Waals surface area contributed by atoms with Crippen molar-refractivity contribution in [2.75, 3.05) is 5.75 Å². The highest BCUT2D eigenvalue weighted by atomic mass is 32.2. The van der Waals surface area contributed by atoms with Crippen molar-refractivity contribution >= 4 is 27.7 Å². The zero-order chi connectivity index (χ0) is 29.2. The molecule has 0 aromatic heterocycles. The highest BCUT2D eigenvalue weighted by Crippen LogP contribution is 2.70. The molecule has 9 heteroatoms. The van der Waals surface area contributed by atoms with Crippen LogP contribution in [0.1, 0.15) is 99.3 Å². The van der Waals surface area contributed by atoms with Gasteiger partial charge in [-0.05, 0) is 86.4 Å². The van der Waals surface area contributed by atoms with Gasteiger partial charge in [0.05, 0.1) is 5.75 Å². The maximum absolute atomic E-state index is 14.4. The van der Waals surface area contributed by atoms with Crippen molar-refractivity contribution < 1.29 is 37.0 Å². The molecule has 1 aliphatic heterocycles. The molecular weight excluding hydrogens is 532 g/mol. The molecule has 4 saturated carbocycles. The quantitative estimate of drug-likeness (QED) is 0.334. The summed E-state index contributed by atoms with van der Waals surface area (Å²) in [5.74, 6) is -0.792. The first kappa shape index (κ1) is 29.8. The Morgan fingerprint density at radius 3 is 2.33 bits per heavy atom. The highest BCUT2D eigenvalue weighted by Gasteiger charge is 2.73. The molecule has 0 spiro atoms. The van der Waals surface area contributed by atoms with E-state index in [0.717, 1.165) is 19.3 Å². The van der Waals surface area contributed by atoms with E-state index in [9.17, 15) is 22.8 Å². The van der Waals surface area contributed by atoms with Crippen LogP contribution < -0.4 is 0 Å². The number of rotatable bonds is 5. The van der Waals surface area contributed by atoms with Crippen molar-refractivity contribution in [1.29, 1.82) is 0 Å². The van der Waals surface area contributed by atoms with Gasteiger partial charge in [0.15, 0.2) is 9.84 Å². The molecule has 1 heterocycles. The lowest BCUT2D eigenvalue weighted by Gasteiger charge is -2.66. The molecule has 5 aliphatic rings. The summed E-state index contributed by atoms with van der Waals surface area (Å²) >= 11 is 0. The predicted molar refractivity (Wildman–Crippen MR) is 149 cm³/mol. The third-order valence-electron chi connectivity index (χ3n) is 12.0. The third kappa shape index (κ3) is 4.70. The van der Waals surface area contributed by atoms with Crippen molar-refractivity contribution in [1.82, 2.24) is 0 Å². The largest absolute Gasteiger partial charge is 0.463 e. The van der Waals surface area contributed by atoms with Gasteiger partial charge < -0.3 is 14.2 Å². The minimum absolute atomic E-state index is 0.0141. The lowest BCUT2D eigenvalue weighted by Crippen LogP contribution is -2.71. The topological polar surface area (TPSA) is 113 Å². The molecule has 0 bridgehead atoms. The van der Waals surface area contributed by atoms with Crippen LogP contribution in [0.25, 0.3) is 0 Å². The standard InChI is InChI=1S/C31H48O8S/c1-7-14-40(35,36)28-27-26(23-10-9-22-17(2)8-11-25(34)39-29(28)31(22,23)6)24(38-19(4)33)16-20-15-21(37-18(3)32)12-13-30(20,27)5/h17,20-24,26-29H,7-16H2,1-6H3/t17-,20+,21-,22-,23+,24-,26-,27-,28-,29+,30+,31-/m1/s1. The molecule has 40 heavy (non-hydrogen) atoms. The second-order valence-corrected chi connectivity index (χ2v) is 16.4. The third-order valence-corrected chi connectivity index (χ3v) is 14.4. The Morgan fingerprint density at radius 1 is 1.00 bits per heavy atom. The molecule has 12 atom stereocenters. The second-order valence-electron chi connectivity index (χ2n) is 14.1. The lowest BCUT2D eigenvalue weighted by molar-refractivity contribution is -0.225. The molecule has 0 unspecified atom stereocenters. The molecule has 226 valence electrons. The monoisotopic (exact) mass is 580 g/mol. The number of ether oxygens (including phenoxy) is 3. The molecule has 5 rings (SSSR count). The van der Waals surface area contributed by atoms with E-state index in [1.165, 1.54) is 13.8 Å². The summed E-state index contributed by atoms with van der Waals surface area (Å²) in [5.41, 5.74) is -0.901. The van der Waals surface area contributed by atoms with Crippen molar-refractivity contribution in [3.8, 4) is 0 Å². The summed E-state index contributed by atoms with van der Waals surface area (Å²) in [4.78, 5) is 37.5. The lowest BCUT2D eigenvalue weighted by atomic mass is 9.42. The van der Waals surface area contributed by atoms with Gasteiger partial charge in [-0.25, -0.2) is 8.42 Å². The smallest absolute Gasteiger partial charge is 0.306 e. The fourth-order valence-electron chi connectivity index (χ4n) is 10.6. The van der Waals surface area contributed by atoms with Crippen molar-refractivity contribution in [2.45, 2.75) is 123 Å². The molecule has 1 saturated heterocycles. The summed E-state index contributed by atoms with van der Waals surface area (Å²) < 4.78 is 47.0. The Balaban J connectivity index is 1.70. The van der Waals surface area contributed by atoms with Crippen LogP contribution in [-0.2, 0) is 38.4 Å². The number of carbonyl (C=O) groups is 3.